The number of nitrogens with one attached hydrogen (secondary N) is 1. The van der Waals surface area contributed by atoms with Crippen molar-refractivity contribution in [3.8, 4) is 5.75 Å². The van der Waals surface area contributed by atoms with Gasteiger partial charge in [0.05, 0.1) is 19.9 Å². The zero-order valence-corrected chi connectivity index (χ0v) is 21.8. The fourth-order valence-corrected chi connectivity index (χ4v) is 5.18. The van der Waals surface area contributed by atoms with Gasteiger partial charge in [0, 0.05) is 18.8 Å². The Morgan fingerprint density at radius 3 is 2.67 bits per heavy atom. The molecule has 0 aliphatic carbocycles. The molecule has 0 aromatic carbocycles. The highest BCUT2D eigenvalue weighted by atomic mass is 16.5. The minimum Gasteiger partial charge on any atom is -0.495 e. The van der Waals surface area contributed by atoms with Gasteiger partial charge in [0.2, 0.25) is 5.95 Å². The Balaban J connectivity index is 1.58. The fraction of sp³-hybridized carbons (Fsp3) is 0.615. The van der Waals surface area contributed by atoms with Gasteiger partial charge in [-0.25, -0.2) is 4.98 Å². The third-order valence-corrected chi connectivity index (χ3v) is 7.03. The van der Waals surface area contributed by atoms with Crippen molar-refractivity contribution in [2.75, 3.05) is 44.4 Å². The molecule has 4 rings (SSSR count). The van der Waals surface area contributed by atoms with E-state index in [1.807, 2.05) is 10.9 Å². The first-order valence-electron chi connectivity index (χ1n) is 13.2. The number of nitrogens with zero attached hydrogens (tertiary/aromatic N) is 6. The summed E-state index contributed by atoms with van der Waals surface area (Å²) in [5.41, 5.74) is 9.46. The van der Waals surface area contributed by atoms with Crippen LogP contribution in [0.5, 0.6) is 5.75 Å². The van der Waals surface area contributed by atoms with E-state index < -0.39 is 0 Å². The first-order valence-corrected chi connectivity index (χ1v) is 13.2. The van der Waals surface area contributed by atoms with Crippen LogP contribution in [0, 0.1) is 0 Å². The topological polar surface area (TPSA) is 127 Å². The van der Waals surface area contributed by atoms with Gasteiger partial charge in [-0.2, -0.15) is 10.1 Å². The quantitative estimate of drug-likeness (QED) is 0.346. The highest BCUT2D eigenvalue weighted by Crippen LogP contribution is 2.32. The van der Waals surface area contributed by atoms with E-state index in [1.165, 1.54) is 18.5 Å². The number of hydrogen-bond donors (Lipinski definition) is 3. The molecule has 1 saturated heterocycles. The van der Waals surface area contributed by atoms with Crippen molar-refractivity contribution in [2.24, 2.45) is 0 Å². The van der Waals surface area contributed by atoms with E-state index in [9.17, 15) is 5.11 Å². The molecule has 36 heavy (non-hydrogen) atoms. The lowest BCUT2D eigenvalue weighted by molar-refractivity contribution is 0.212. The number of aromatic nitrogens is 5. The maximum atomic E-state index is 9.49. The summed E-state index contributed by atoms with van der Waals surface area (Å²) < 4.78 is 7.61. The number of fused-ring (bicyclic) bond motifs is 1. The number of ether oxygens (including phenoxy) is 1. The number of anilines is 2. The molecule has 1 fully saturated rings. The Labute approximate surface area is 213 Å². The number of hydrogen-bond acceptors (Lipinski definition) is 9. The number of aliphatic hydroxyl groups excluding tert-OH is 1. The van der Waals surface area contributed by atoms with Gasteiger partial charge in [0.15, 0.2) is 5.82 Å². The maximum Gasteiger partial charge on any atom is 0.222 e. The van der Waals surface area contributed by atoms with E-state index in [0.29, 0.717) is 30.2 Å². The molecule has 3 aromatic heterocycles. The zero-order chi connectivity index (χ0) is 25.5. The average Bonchev–Trinajstić information content (AvgIpc) is 3.27. The molecule has 0 bridgehead atoms. The summed E-state index contributed by atoms with van der Waals surface area (Å²) in [6.07, 6.45) is 9.72. The lowest BCUT2D eigenvalue weighted by atomic mass is 9.90. The first kappa shape index (κ1) is 26.1. The van der Waals surface area contributed by atoms with Crippen LogP contribution < -0.4 is 15.8 Å². The molecule has 4 heterocycles. The van der Waals surface area contributed by atoms with Crippen molar-refractivity contribution in [3.05, 3.63) is 29.7 Å². The predicted octanol–water partition coefficient (Wildman–Crippen LogP) is 3.41. The second-order valence-corrected chi connectivity index (χ2v) is 9.64. The summed E-state index contributed by atoms with van der Waals surface area (Å²) in [5.74, 6) is 2.08. The molecule has 0 spiro atoms. The fourth-order valence-electron chi connectivity index (χ4n) is 5.18. The molecule has 10 heteroatoms. The Morgan fingerprint density at radius 2 is 1.97 bits per heavy atom. The number of piperidine rings is 1. The van der Waals surface area contributed by atoms with Crippen molar-refractivity contribution in [1.29, 1.82) is 0 Å². The first-order chi connectivity index (χ1) is 17.6. The van der Waals surface area contributed by atoms with Crippen molar-refractivity contribution in [2.45, 2.75) is 70.9 Å². The van der Waals surface area contributed by atoms with E-state index in [-0.39, 0.29) is 18.6 Å². The molecule has 4 N–H and O–H groups in total. The van der Waals surface area contributed by atoms with Crippen molar-refractivity contribution >= 4 is 22.8 Å². The third-order valence-electron chi connectivity index (χ3n) is 7.03. The molecule has 0 amide bonds. The van der Waals surface area contributed by atoms with E-state index >= 15 is 0 Å². The zero-order valence-electron chi connectivity index (χ0n) is 21.8. The van der Waals surface area contributed by atoms with Gasteiger partial charge in [-0.05, 0) is 69.3 Å². The summed E-state index contributed by atoms with van der Waals surface area (Å²) in [7, 11) is 1.69. The van der Waals surface area contributed by atoms with Crippen LogP contribution in [0.25, 0.3) is 11.0 Å². The minimum atomic E-state index is 0.0801. The van der Waals surface area contributed by atoms with Gasteiger partial charge in [0.25, 0.3) is 0 Å². The molecule has 1 aliphatic rings. The lowest BCUT2D eigenvalue weighted by Crippen LogP contribution is -2.33. The van der Waals surface area contributed by atoms with Gasteiger partial charge in [-0.15, -0.1) is 0 Å². The Hall–Kier alpha value is -2.98. The van der Waals surface area contributed by atoms with E-state index in [0.717, 1.165) is 55.7 Å². The Bertz CT molecular complexity index is 1120. The molecule has 0 radical (unpaired) electrons. The maximum absolute atomic E-state index is 9.49. The molecular formula is C26H40N8O2. The number of rotatable bonds is 12. The molecule has 0 saturated carbocycles. The summed E-state index contributed by atoms with van der Waals surface area (Å²) in [6, 6.07) is 2.22. The van der Waals surface area contributed by atoms with Crippen LogP contribution in [-0.2, 0) is 6.54 Å². The largest absolute Gasteiger partial charge is 0.495 e. The summed E-state index contributed by atoms with van der Waals surface area (Å²) in [5, 5.41) is 17.5. The van der Waals surface area contributed by atoms with Crippen LogP contribution in [0.4, 0.5) is 11.8 Å². The number of pyridine rings is 1. The normalized spacial score (nSPS) is 15.9. The number of methoxy groups -OCH3 is 1. The second kappa shape index (κ2) is 12.3. The summed E-state index contributed by atoms with van der Waals surface area (Å²) in [6.45, 7) is 8.33. The van der Waals surface area contributed by atoms with Gasteiger partial charge in [0.1, 0.15) is 22.5 Å². The Morgan fingerprint density at radius 1 is 1.17 bits per heavy atom. The van der Waals surface area contributed by atoms with E-state index in [4.69, 9.17) is 15.5 Å². The van der Waals surface area contributed by atoms with Crippen molar-refractivity contribution < 1.29 is 9.84 Å². The molecule has 1 unspecified atom stereocenters. The van der Waals surface area contributed by atoms with Gasteiger partial charge < -0.3 is 25.8 Å². The summed E-state index contributed by atoms with van der Waals surface area (Å²) >= 11 is 0. The number of nitrogen functional groups attached to an aromatic ring is 1. The highest BCUT2D eigenvalue weighted by Gasteiger charge is 2.22. The molecule has 10 nitrogen and oxygen atoms in total. The monoisotopic (exact) mass is 496 g/mol. The van der Waals surface area contributed by atoms with Crippen LogP contribution in [-0.4, -0.2) is 74.1 Å². The third kappa shape index (κ3) is 6.04. The lowest BCUT2D eigenvalue weighted by Gasteiger charge is -2.32. The van der Waals surface area contributed by atoms with Gasteiger partial charge >= 0.3 is 0 Å². The number of likely N-dealkylation sites (tertiary alicyclic amines) is 1. The van der Waals surface area contributed by atoms with Gasteiger partial charge in [-0.1, -0.05) is 20.3 Å². The molecule has 1 atom stereocenters. The smallest absolute Gasteiger partial charge is 0.222 e. The standard InChI is InChI=1S/C26H40N8O2/c1-4-6-20(9-13-35)30-25-24-21(31-26(27)32-25)16-29-34(24)17-22-23(36-3)14-19(15-28-22)18-7-11-33(10-5-2)12-8-18/h14-16,18,20,35H,4-13,17H2,1-3H3,(H3,27,30,31,32). The number of aliphatic hydroxyl groups is 1. The van der Waals surface area contributed by atoms with Crippen LogP contribution in [0.2, 0.25) is 0 Å². The molecule has 196 valence electrons. The average molecular weight is 497 g/mol. The van der Waals surface area contributed by atoms with Crippen LogP contribution >= 0.6 is 0 Å². The Kier molecular flexibility index (Phi) is 8.93. The molecule has 1 aliphatic heterocycles. The van der Waals surface area contributed by atoms with Gasteiger partial charge in [-0.3, -0.25) is 9.67 Å². The van der Waals surface area contributed by atoms with Crippen LogP contribution in [0.1, 0.15) is 69.5 Å². The minimum absolute atomic E-state index is 0.0801. The van der Waals surface area contributed by atoms with Crippen LogP contribution in [0.3, 0.4) is 0 Å². The molecular weight excluding hydrogens is 456 g/mol. The van der Waals surface area contributed by atoms with Crippen molar-refractivity contribution in [3.63, 3.8) is 0 Å². The van der Waals surface area contributed by atoms with Crippen LogP contribution in [0.15, 0.2) is 18.5 Å². The van der Waals surface area contributed by atoms with E-state index in [2.05, 4.69) is 45.2 Å². The van der Waals surface area contributed by atoms with Crippen molar-refractivity contribution in [1.82, 2.24) is 29.6 Å². The predicted molar refractivity (Wildman–Crippen MR) is 142 cm³/mol. The molecule has 3 aromatic rings. The highest BCUT2D eigenvalue weighted by molar-refractivity contribution is 5.86. The SMILES string of the molecule is CCCC(CCO)Nc1nc(N)nc2cnn(Cc3ncc(C4CCN(CCC)CC4)cc3OC)c12. The second-order valence-electron chi connectivity index (χ2n) is 9.64. The number of nitrogens with two attached hydrogens (primary N) is 1. The van der Waals surface area contributed by atoms with E-state index in [1.54, 1.807) is 13.3 Å². The summed E-state index contributed by atoms with van der Waals surface area (Å²) in [4.78, 5) is 16.2.